The number of aliphatic hydroxyl groups excluding tert-OH is 1. The number of oxime groups is 1. The van der Waals surface area contributed by atoms with E-state index in [-0.39, 0.29) is 12.3 Å². The summed E-state index contributed by atoms with van der Waals surface area (Å²) in [6, 6.07) is 0. The molecule has 0 saturated carbocycles. The summed E-state index contributed by atoms with van der Waals surface area (Å²) in [5.74, 6) is 0.0556. The topological polar surface area (TPSA) is 78.8 Å². The van der Waals surface area contributed by atoms with Crippen LogP contribution in [0.3, 0.4) is 0 Å². The second kappa shape index (κ2) is 3.26. The third-order valence-corrected chi connectivity index (χ3v) is 0.633. The van der Waals surface area contributed by atoms with Gasteiger partial charge in [0.05, 0.1) is 6.10 Å². The number of amidine groups is 1. The summed E-state index contributed by atoms with van der Waals surface area (Å²) in [7, 11) is 0. The molecular formula is C4H10N2O2. The van der Waals surface area contributed by atoms with Crippen molar-refractivity contribution in [3.8, 4) is 0 Å². The van der Waals surface area contributed by atoms with Crippen LogP contribution in [-0.4, -0.2) is 22.3 Å². The Morgan fingerprint density at radius 2 is 2.38 bits per heavy atom. The molecule has 0 bridgehead atoms. The maximum atomic E-state index is 8.58. The lowest BCUT2D eigenvalue weighted by molar-refractivity contribution is 0.200. The Bertz CT molecular complexity index is 90.0. The quantitative estimate of drug-likeness (QED) is 0.198. The first kappa shape index (κ1) is 7.23. The smallest absolute Gasteiger partial charge is 0.141 e. The Labute approximate surface area is 47.6 Å². The van der Waals surface area contributed by atoms with Crippen LogP contribution in [0.1, 0.15) is 13.3 Å². The molecule has 0 saturated heterocycles. The van der Waals surface area contributed by atoms with Crippen molar-refractivity contribution in [1.82, 2.24) is 0 Å². The van der Waals surface area contributed by atoms with Crippen LogP contribution >= 0.6 is 0 Å². The van der Waals surface area contributed by atoms with E-state index >= 15 is 0 Å². The number of aliphatic hydroxyl groups is 1. The van der Waals surface area contributed by atoms with Crippen LogP contribution in [0.25, 0.3) is 0 Å². The Morgan fingerprint density at radius 1 is 1.88 bits per heavy atom. The highest BCUT2D eigenvalue weighted by Crippen LogP contribution is 1.86. The molecule has 0 heterocycles. The summed E-state index contributed by atoms with van der Waals surface area (Å²) in [6.07, 6.45) is -0.317. The summed E-state index contributed by atoms with van der Waals surface area (Å²) < 4.78 is 0. The molecule has 4 nitrogen and oxygen atoms in total. The number of hydrogen-bond donors (Lipinski definition) is 3. The highest BCUT2D eigenvalue weighted by Gasteiger charge is 1.97. The molecule has 0 unspecified atom stereocenters. The average molecular weight is 118 g/mol. The summed E-state index contributed by atoms with van der Waals surface area (Å²) in [4.78, 5) is 0. The maximum Gasteiger partial charge on any atom is 0.141 e. The molecule has 0 rings (SSSR count). The third kappa shape index (κ3) is 3.42. The van der Waals surface area contributed by atoms with Gasteiger partial charge in [-0.15, -0.1) is 0 Å². The molecule has 0 aliphatic rings. The molecule has 0 aromatic rings. The average Bonchev–Trinajstić information content (AvgIpc) is 1.65. The SMILES string of the molecule is C[C@H](O)C/C(N)=N/O. The molecule has 1 atom stereocenters. The Kier molecular flexibility index (Phi) is 2.95. The lowest BCUT2D eigenvalue weighted by atomic mass is 10.3. The van der Waals surface area contributed by atoms with Crippen LogP contribution in [0.5, 0.6) is 0 Å². The van der Waals surface area contributed by atoms with E-state index in [4.69, 9.17) is 16.0 Å². The van der Waals surface area contributed by atoms with Crippen molar-refractivity contribution in [3.63, 3.8) is 0 Å². The monoisotopic (exact) mass is 118 g/mol. The zero-order valence-corrected chi connectivity index (χ0v) is 4.70. The second-order valence-electron chi connectivity index (χ2n) is 1.64. The van der Waals surface area contributed by atoms with Gasteiger partial charge in [0.1, 0.15) is 5.84 Å². The zero-order chi connectivity index (χ0) is 6.57. The van der Waals surface area contributed by atoms with Gasteiger partial charge in [0.15, 0.2) is 0 Å². The maximum absolute atomic E-state index is 8.58. The van der Waals surface area contributed by atoms with Crippen molar-refractivity contribution >= 4 is 5.84 Å². The van der Waals surface area contributed by atoms with Crippen molar-refractivity contribution in [2.45, 2.75) is 19.4 Å². The molecule has 48 valence electrons. The van der Waals surface area contributed by atoms with Gasteiger partial charge in [0.25, 0.3) is 0 Å². The van der Waals surface area contributed by atoms with Crippen LogP contribution in [0.4, 0.5) is 0 Å². The molecule has 0 radical (unpaired) electrons. The van der Waals surface area contributed by atoms with E-state index in [0.29, 0.717) is 0 Å². The normalized spacial score (nSPS) is 16.0. The van der Waals surface area contributed by atoms with Gasteiger partial charge in [-0.2, -0.15) is 0 Å². The largest absolute Gasteiger partial charge is 0.409 e. The standard InChI is InChI=1S/C4H10N2O2/c1-3(7)2-4(5)6-8/h3,7-8H,2H2,1H3,(H2,5,6)/t3-/m0/s1. The minimum Gasteiger partial charge on any atom is -0.409 e. The first-order valence-corrected chi connectivity index (χ1v) is 2.31. The van der Waals surface area contributed by atoms with Crippen molar-refractivity contribution < 1.29 is 10.3 Å². The molecular weight excluding hydrogens is 108 g/mol. The fourth-order valence-corrected chi connectivity index (χ4v) is 0.343. The number of rotatable bonds is 2. The van der Waals surface area contributed by atoms with E-state index in [0.717, 1.165) is 0 Å². The molecule has 0 aromatic heterocycles. The van der Waals surface area contributed by atoms with Crippen LogP contribution in [0.15, 0.2) is 5.16 Å². The Balaban J connectivity index is 3.39. The van der Waals surface area contributed by atoms with E-state index in [2.05, 4.69) is 5.16 Å². The molecule has 8 heavy (non-hydrogen) atoms. The number of nitrogens with zero attached hydrogens (tertiary/aromatic N) is 1. The molecule has 0 fully saturated rings. The van der Waals surface area contributed by atoms with Crippen LogP contribution < -0.4 is 5.73 Å². The van der Waals surface area contributed by atoms with E-state index in [9.17, 15) is 0 Å². The van der Waals surface area contributed by atoms with Gasteiger partial charge in [0, 0.05) is 6.42 Å². The van der Waals surface area contributed by atoms with Gasteiger partial charge >= 0.3 is 0 Å². The second-order valence-corrected chi connectivity index (χ2v) is 1.64. The van der Waals surface area contributed by atoms with Crippen LogP contribution in [0.2, 0.25) is 0 Å². The summed E-state index contributed by atoms with van der Waals surface area (Å²) in [5.41, 5.74) is 5.01. The highest BCUT2D eigenvalue weighted by molar-refractivity contribution is 5.79. The predicted octanol–water partition coefficient (Wildman–Crippen LogP) is -0.496. The van der Waals surface area contributed by atoms with Gasteiger partial charge in [0.2, 0.25) is 0 Å². The Morgan fingerprint density at radius 3 is 2.50 bits per heavy atom. The molecule has 0 aliphatic carbocycles. The van der Waals surface area contributed by atoms with Gasteiger partial charge < -0.3 is 16.0 Å². The van der Waals surface area contributed by atoms with Crippen molar-refractivity contribution in [2.75, 3.05) is 0 Å². The number of nitrogens with two attached hydrogens (primary N) is 1. The summed E-state index contributed by atoms with van der Waals surface area (Å²) >= 11 is 0. The van der Waals surface area contributed by atoms with Gasteiger partial charge in [-0.3, -0.25) is 0 Å². The minimum absolute atomic E-state index is 0.0556. The molecule has 4 heteroatoms. The van der Waals surface area contributed by atoms with Crippen molar-refractivity contribution in [1.29, 1.82) is 0 Å². The molecule has 0 aliphatic heterocycles. The lowest BCUT2D eigenvalue weighted by Crippen LogP contribution is -2.17. The molecule has 0 aromatic carbocycles. The van der Waals surface area contributed by atoms with Gasteiger partial charge in [-0.1, -0.05) is 5.16 Å². The van der Waals surface area contributed by atoms with Gasteiger partial charge in [-0.25, -0.2) is 0 Å². The first-order chi connectivity index (χ1) is 3.66. The van der Waals surface area contributed by atoms with Crippen LogP contribution in [-0.2, 0) is 0 Å². The zero-order valence-electron chi connectivity index (χ0n) is 4.70. The molecule has 0 spiro atoms. The highest BCUT2D eigenvalue weighted by atomic mass is 16.4. The van der Waals surface area contributed by atoms with Crippen molar-refractivity contribution in [3.05, 3.63) is 0 Å². The minimum atomic E-state index is -0.536. The third-order valence-electron chi connectivity index (χ3n) is 0.633. The van der Waals surface area contributed by atoms with E-state index in [1.807, 2.05) is 0 Å². The Hall–Kier alpha value is -0.770. The summed E-state index contributed by atoms with van der Waals surface area (Å²) in [6.45, 7) is 1.57. The number of hydrogen-bond acceptors (Lipinski definition) is 3. The predicted molar refractivity (Wildman–Crippen MR) is 29.7 cm³/mol. The summed E-state index contributed by atoms with van der Waals surface area (Å²) in [5, 5.41) is 19.2. The van der Waals surface area contributed by atoms with E-state index in [1.54, 1.807) is 6.92 Å². The molecule has 4 N–H and O–H groups in total. The van der Waals surface area contributed by atoms with Crippen molar-refractivity contribution in [2.24, 2.45) is 10.9 Å². The van der Waals surface area contributed by atoms with Crippen LogP contribution in [0, 0.1) is 0 Å². The first-order valence-electron chi connectivity index (χ1n) is 2.31. The fraction of sp³-hybridized carbons (Fsp3) is 0.750. The molecule has 0 amide bonds. The lowest BCUT2D eigenvalue weighted by Gasteiger charge is -1.98. The van der Waals surface area contributed by atoms with E-state index < -0.39 is 6.10 Å². The van der Waals surface area contributed by atoms with Gasteiger partial charge in [-0.05, 0) is 6.92 Å². The fourth-order valence-electron chi connectivity index (χ4n) is 0.343. The van der Waals surface area contributed by atoms with E-state index in [1.165, 1.54) is 0 Å².